The number of likely N-dealkylation sites (N-methyl/N-ethyl adjacent to an activating group) is 1. The van der Waals surface area contributed by atoms with E-state index in [2.05, 4.69) is 10.6 Å². The molecule has 0 fully saturated rings. The highest BCUT2D eigenvalue weighted by Crippen LogP contribution is 2.11. The van der Waals surface area contributed by atoms with Crippen molar-refractivity contribution in [3.05, 3.63) is 30.3 Å². The standard InChI is InChI=1S/C14H21N3O2/c1-3-17(13-7-5-4-6-8-13)11-14(19)16-10-9-15-12(2)18/h4-8H,3,9-11H2,1-2H3,(H,15,18)(H,16,19). The average Bonchev–Trinajstić information content (AvgIpc) is 2.41. The second kappa shape index (κ2) is 8.13. The van der Waals surface area contributed by atoms with E-state index in [9.17, 15) is 9.59 Å². The van der Waals surface area contributed by atoms with E-state index in [0.717, 1.165) is 12.2 Å². The molecular weight excluding hydrogens is 242 g/mol. The van der Waals surface area contributed by atoms with Gasteiger partial charge in [-0.25, -0.2) is 0 Å². The van der Waals surface area contributed by atoms with Crippen LogP contribution in [-0.2, 0) is 9.59 Å². The van der Waals surface area contributed by atoms with Gasteiger partial charge in [-0.15, -0.1) is 0 Å². The maximum absolute atomic E-state index is 11.8. The Morgan fingerprint density at radius 3 is 2.32 bits per heavy atom. The molecule has 0 aromatic heterocycles. The van der Waals surface area contributed by atoms with E-state index < -0.39 is 0 Å². The van der Waals surface area contributed by atoms with Gasteiger partial charge in [-0.3, -0.25) is 9.59 Å². The van der Waals surface area contributed by atoms with Crippen molar-refractivity contribution in [2.45, 2.75) is 13.8 Å². The monoisotopic (exact) mass is 263 g/mol. The molecule has 0 aliphatic carbocycles. The molecule has 0 saturated heterocycles. The van der Waals surface area contributed by atoms with E-state index in [1.165, 1.54) is 6.92 Å². The highest BCUT2D eigenvalue weighted by Gasteiger charge is 2.08. The number of carbonyl (C=O) groups is 2. The highest BCUT2D eigenvalue weighted by atomic mass is 16.2. The molecule has 1 aromatic rings. The van der Waals surface area contributed by atoms with Crippen molar-refractivity contribution >= 4 is 17.5 Å². The third kappa shape index (κ3) is 5.90. The number of para-hydroxylation sites is 1. The zero-order valence-corrected chi connectivity index (χ0v) is 11.5. The number of anilines is 1. The van der Waals surface area contributed by atoms with Crippen LogP contribution in [-0.4, -0.2) is 38.0 Å². The molecule has 2 amide bonds. The van der Waals surface area contributed by atoms with E-state index in [0.29, 0.717) is 19.6 Å². The van der Waals surface area contributed by atoms with Gasteiger partial charge in [-0.05, 0) is 19.1 Å². The second-order valence-electron chi connectivity index (χ2n) is 4.18. The number of rotatable bonds is 7. The lowest BCUT2D eigenvalue weighted by Gasteiger charge is -2.22. The maximum atomic E-state index is 11.8. The molecule has 5 nitrogen and oxygen atoms in total. The van der Waals surface area contributed by atoms with Crippen molar-refractivity contribution in [3.63, 3.8) is 0 Å². The minimum atomic E-state index is -0.0891. The molecule has 0 aliphatic rings. The lowest BCUT2D eigenvalue weighted by Crippen LogP contribution is -2.40. The van der Waals surface area contributed by atoms with E-state index in [1.807, 2.05) is 42.2 Å². The Kier molecular flexibility index (Phi) is 6.43. The Morgan fingerprint density at radius 2 is 1.74 bits per heavy atom. The number of nitrogens with zero attached hydrogens (tertiary/aromatic N) is 1. The van der Waals surface area contributed by atoms with Crippen molar-refractivity contribution in [2.75, 3.05) is 31.1 Å². The van der Waals surface area contributed by atoms with Gasteiger partial charge < -0.3 is 15.5 Å². The van der Waals surface area contributed by atoms with Crippen LogP contribution in [0, 0.1) is 0 Å². The van der Waals surface area contributed by atoms with E-state index in [-0.39, 0.29) is 11.8 Å². The Labute approximate surface area is 114 Å². The number of carbonyl (C=O) groups excluding carboxylic acids is 2. The summed E-state index contributed by atoms with van der Waals surface area (Å²) < 4.78 is 0. The van der Waals surface area contributed by atoms with E-state index in [4.69, 9.17) is 0 Å². The van der Waals surface area contributed by atoms with Crippen LogP contribution >= 0.6 is 0 Å². The molecule has 0 unspecified atom stereocenters. The largest absolute Gasteiger partial charge is 0.363 e. The summed E-state index contributed by atoms with van der Waals surface area (Å²) >= 11 is 0. The lowest BCUT2D eigenvalue weighted by atomic mass is 10.3. The van der Waals surface area contributed by atoms with Crippen molar-refractivity contribution in [2.24, 2.45) is 0 Å². The Morgan fingerprint density at radius 1 is 1.11 bits per heavy atom. The fraction of sp³-hybridized carbons (Fsp3) is 0.429. The van der Waals surface area contributed by atoms with Gasteiger partial charge in [0.25, 0.3) is 0 Å². The molecule has 0 aliphatic heterocycles. The van der Waals surface area contributed by atoms with Gasteiger partial charge in [0.05, 0.1) is 6.54 Å². The van der Waals surface area contributed by atoms with Gasteiger partial charge in [0.2, 0.25) is 11.8 Å². The minimum Gasteiger partial charge on any atom is -0.363 e. The SMILES string of the molecule is CCN(CC(=O)NCCNC(C)=O)c1ccccc1. The van der Waals surface area contributed by atoms with Gasteiger partial charge in [-0.1, -0.05) is 18.2 Å². The number of nitrogens with one attached hydrogen (secondary N) is 2. The normalized spacial score (nSPS) is 9.79. The summed E-state index contributed by atoms with van der Waals surface area (Å²) in [6.45, 7) is 5.46. The predicted molar refractivity (Wildman–Crippen MR) is 76.0 cm³/mol. The third-order valence-electron chi connectivity index (χ3n) is 2.66. The van der Waals surface area contributed by atoms with Crippen LogP contribution in [0.25, 0.3) is 0 Å². The zero-order valence-electron chi connectivity index (χ0n) is 11.5. The Balaban J connectivity index is 2.35. The highest BCUT2D eigenvalue weighted by molar-refractivity contribution is 5.81. The third-order valence-corrected chi connectivity index (χ3v) is 2.66. The molecule has 1 rings (SSSR count). The molecule has 0 heterocycles. The van der Waals surface area contributed by atoms with Crippen molar-refractivity contribution in [1.29, 1.82) is 0 Å². The van der Waals surface area contributed by atoms with Crippen LogP contribution in [0.1, 0.15) is 13.8 Å². The molecule has 0 atom stereocenters. The molecule has 0 spiro atoms. The molecule has 19 heavy (non-hydrogen) atoms. The first-order chi connectivity index (χ1) is 9.13. The summed E-state index contributed by atoms with van der Waals surface area (Å²) in [4.78, 5) is 24.4. The van der Waals surface area contributed by atoms with Gasteiger partial charge in [0.1, 0.15) is 0 Å². The molecule has 5 heteroatoms. The molecule has 1 aromatic carbocycles. The summed E-state index contributed by atoms with van der Waals surface area (Å²) in [5.74, 6) is -0.134. The first-order valence-corrected chi connectivity index (χ1v) is 6.44. The van der Waals surface area contributed by atoms with Crippen molar-refractivity contribution in [3.8, 4) is 0 Å². The number of hydrogen-bond donors (Lipinski definition) is 2. The first-order valence-electron chi connectivity index (χ1n) is 6.44. The topological polar surface area (TPSA) is 61.4 Å². The van der Waals surface area contributed by atoms with Crippen LogP contribution in [0.5, 0.6) is 0 Å². The zero-order chi connectivity index (χ0) is 14.1. The average molecular weight is 263 g/mol. The Hall–Kier alpha value is -2.04. The summed E-state index contributed by atoms with van der Waals surface area (Å²) in [6, 6.07) is 9.81. The molecule has 2 N–H and O–H groups in total. The number of amides is 2. The molecule has 104 valence electrons. The first kappa shape index (κ1) is 15.0. The fourth-order valence-electron chi connectivity index (χ4n) is 1.69. The molecule has 0 radical (unpaired) electrons. The van der Waals surface area contributed by atoms with Gasteiger partial charge in [0.15, 0.2) is 0 Å². The fourth-order valence-corrected chi connectivity index (χ4v) is 1.69. The van der Waals surface area contributed by atoms with Crippen LogP contribution in [0.4, 0.5) is 5.69 Å². The van der Waals surface area contributed by atoms with Crippen LogP contribution in [0.3, 0.4) is 0 Å². The van der Waals surface area contributed by atoms with Crippen molar-refractivity contribution in [1.82, 2.24) is 10.6 Å². The molecule has 0 bridgehead atoms. The number of hydrogen-bond acceptors (Lipinski definition) is 3. The number of benzene rings is 1. The molecule has 0 saturated carbocycles. The van der Waals surface area contributed by atoms with Gasteiger partial charge in [-0.2, -0.15) is 0 Å². The lowest BCUT2D eigenvalue weighted by molar-refractivity contribution is -0.121. The predicted octanol–water partition coefficient (Wildman–Crippen LogP) is 0.765. The maximum Gasteiger partial charge on any atom is 0.239 e. The van der Waals surface area contributed by atoms with Gasteiger partial charge >= 0.3 is 0 Å². The van der Waals surface area contributed by atoms with Crippen LogP contribution in [0.2, 0.25) is 0 Å². The van der Waals surface area contributed by atoms with E-state index >= 15 is 0 Å². The van der Waals surface area contributed by atoms with Crippen LogP contribution in [0.15, 0.2) is 30.3 Å². The summed E-state index contributed by atoms with van der Waals surface area (Å²) in [7, 11) is 0. The van der Waals surface area contributed by atoms with E-state index in [1.54, 1.807) is 0 Å². The Bertz CT molecular complexity index is 406. The molecular formula is C14H21N3O2. The minimum absolute atomic E-state index is 0.0453. The summed E-state index contributed by atoms with van der Waals surface area (Å²) in [5.41, 5.74) is 1.03. The summed E-state index contributed by atoms with van der Waals surface area (Å²) in [6.07, 6.45) is 0. The van der Waals surface area contributed by atoms with Gasteiger partial charge in [0, 0.05) is 32.2 Å². The van der Waals surface area contributed by atoms with Crippen LogP contribution < -0.4 is 15.5 Å². The second-order valence-corrected chi connectivity index (χ2v) is 4.18. The summed E-state index contributed by atoms with van der Waals surface area (Å²) in [5, 5.41) is 5.41. The quantitative estimate of drug-likeness (QED) is 0.714. The smallest absolute Gasteiger partial charge is 0.239 e. The van der Waals surface area contributed by atoms with Crippen molar-refractivity contribution < 1.29 is 9.59 Å².